The number of carboxylic acid groups (broad SMARTS) is 1. The molecule has 0 fully saturated rings. The molecule has 6 nitrogen and oxygen atoms in total. The van der Waals surface area contributed by atoms with Gasteiger partial charge in [-0.1, -0.05) is 0 Å². The first-order valence-electron chi connectivity index (χ1n) is 4.31. The molecular weight excluding hydrogens is 212 g/mol. The van der Waals surface area contributed by atoms with Crippen molar-refractivity contribution >= 4 is 12.3 Å². The highest BCUT2D eigenvalue weighted by molar-refractivity contribution is 5.95. The lowest BCUT2D eigenvalue weighted by Gasteiger charge is -2.00. The van der Waals surface area contributed by atoms with E-state index in [2.05, 4.69) is 9.97 Å². The van der Waals surface area contributed by atoms with Crippen LogP contribution in [0, 0.1) is 0 Å². The molecule has 0 unspecified atom stereocenters. The van der Waals surface area contributed by atoms with E-state index in [1.807, 2.05) is 0 Å². The summed E-state index contributed by atoms with van der Waals surface area (Å²) in [6.07, 6.45) is 2.98. The van der Waals surface area contributed by atoms with Crippen LogP contribution in [0.1, 0.15) is 20.8 Å². The fourth-order valence-corrected chi connectivity index (χ4v) is 1.17. The molecule has 2 aromatic rings. The maximum atomic E-state index is 10.8. The second-order valence-electron chi connectivity index (χ2n) is 2.90. The number of carboxylic acids is 1. The minimum absolute atomic E-state index is 0.0668. The Morgan fingerprint density at radius 3 is 2.88 bits per heavy atom. The number of hydrogen-bond acceptors (Lipinski definition) is 5. The summed E-state index contributed by atoms with van der Waals surface area (Å²) in [6.45, 7) is 0. The number of aromatic carboxylic acids is 1. The highest BCUT2D eigenvalue weighted by atomic mass is 16.4. The van der Waals surface area contributed by atoms with E-state index in [1.54, 1.807) is 12.1 Å². The predicted molar refractivity (Wildman–Crippen MR) is 52.1 cm³/mol. The average molecular weight is 218 g/mol. The summed E-state index contributed by atoms with van der Waals surface area (Å²) in [4.78, 5) is 29.0. The second kappa shape index (κ2) is 3.93. The number of rotatable bonds is 3. The average Bonchev–Trinajstić information content (AvgIpc) is 2.81. The molecule has 80 valence electrons. The molecule has 0 bridgehead atoms. The minimum Gasteiger partial charge on any atom is -0.476 e. The van der Waals surface area contributed by atoms with Crippen molar-refractivity contribution in [3.63, 3.8) is 0 Å². The van der Waals surface area contributed by atoms with Gasteiger partial charge in [-0.25, -0.2) is 14.8 Å². The van der Waals surface area contributed by atoms with Crippen LogP contribution in [0.5, 0.6) is 0 Å². The minimum atomic E-state index is -1.28. The highest BCUT2D eigenvalue weighted by Crippen LogP contribution is 2.16. The van der Waals surface area contributed by atoms with Crippen molar-refractivity contribution in [3.8, 4) is 11.6 Å². The Labute approximate surface area is 89.6 Å². The largest absolute Gasteiger partial charge is 0.476 e. The van der Waals surface area contributed by atoms with E-state index in [1.165, 1.54) is 6.26 Å². The molecule has 0 atom stereocenters. The molecule has 2 heterocycles. The van der Waals surface area contributed by atoms with Gasteiger partial charge in [-0.05, 0) is 12.1 Å². The molecule has 0 saturated heterocycles. The Morgan fingerprint density at radius 2 is 2.31 bits per heavy atom. The third-order valence-corrected chi connectivity index (χ3v) is 1.89. The quantitative estimate of drug-likeness (QED) is 0.779. The highest BCUT2D eigenvalue weighted by Gasteiger charge is 2.15. The third kappa shape index (κ3) is 1.68. The SMILES string of the molecule is O=Cc1cnc(-c2ccco2)nc1C(=O)O. The molecule has 0 spiro atoms. The maximum absolute atomic E-state index is 10.8. The van der Waals surface area contributed by atoms with Crippen LogP contribution in [0.25, 0.3) is 11.6 Å². The van der Waals surface area contributed by atoms with Gasteiger partial charge in [-0.2, -0.15) is 0 Å². The van der Waals surface area contributed by atoms with Crippen molar-refractivity contribution in [1.82, 2.24) is 9.97 Å². The molecule has 0 aliphatic heterocycles. The molecular formula is C10H6N2O4. The van der Waals surface area contributed by atoms with Gasteiger partial charge in [-0.3, -0.25) is 4.79 Å². The molecule has 2 aromatic heterocycles. The van der Waals surface area contributed by atoms with Crippen molar-refractivity contribution in [2.45, 2.75) is 0 Å². The number of aromatic nitrogens is 2. The fourth-order valence-electron chi connectivity index (χ4n) is 1.17. The van der Waals surface area contributed by atoms with E-state index < -0.39 is 5.97 Å². The standard InChI is InChI=1S/C10H6N2O4/c13-5-6-4-11-9(7-2-1-3-16-7)12-8(6)10(14)15/h1-5H,(H,14,15). The second-order valence-corrected chi connectivity index (χ2v) is 2.90. The van der Waals surface area contributed by atoms with E-state index in [0.717, 1.165) is 6.20 Å². The van der Waals surface area contributed by atoms with Gasteiger partial charge in [0.05, 0.1) is 11.8 Å². The van der Waals surface area contributed by atoms with Crippen molar-refractivity contribution in [2.24, 2.45) is 0 Å². The van der Waals surface area contributed by atoms with Gasteiger partial charge in [0, 0.05) is 6.20 Å². The third-order valence-electron chi connectivity index (χ3n) is 1.89. The zero-order chi connectivity index (χ0) is 11.5. The van der Waals surface area contributed by atoms with Gasteiger partial charge < -0.3 is 9.52 Å². The smallest absolute Gasteiger partial charge is 0.355 e. The van der Waals surface area contributed by atoms with Gasteiger partial charge in [0.2, 0.25) is 0 Å². The van der Waals surface area contributed by atoms with Crippen LogP contribution in [0.3, 0.4) is 0 Å². The number of furan rings is 1. The number of carbonyl (C=O) groups is 2. The van der Waals surface area contributed by atoms with Crippen molar-refractivity contribution in [1.29, 1.82) is 0 Å². The molecule has 0 aliphatic rings. The molecule has 0 saturated carbocycles. The van der Waals surface area contributed by atoms with Crippen LogP contribution >= 0.6 is 0 Å². The first-order valence-corrected chi connectivity index (χ1v) is 4.31. The Hall–Kier alpha value is -2.50. The zero-order valence-electron chi connectivity index (χ0n) is 7.95. The molecule has 0 aliphatic carbocycles. The van der Waals surface area contributed by atoms with Gasteiger partial charge in [-0.15, -0.1) is 0 Å². The molecule has 1 N–H and O–H groups in total. The summed E-state index contributed by atoms with van der Waals surface area (Å²) >= 11 is 0. The summed E-state index contributed by atoms with van der Waals surface area (Å²) in [5.74, 6) is -0.801. The molecule has 6 heteroatoms. The predicted octanol–water partition coefficient (Wildman–Crippen LogP) is 1.25. The normalized spacial score (nSPS) is 10.0. The Morgan fingerprint density at radius 1 is 1.50 bits per heavy atom. The van der Waals surface area contributed by atoms with Crippen LogP contribution < -0.4 is 0 Å². The van der Waals surface area contributed by atoms with Crippen molar-refractivity contribution in [3.05, 3.63) is 35.9 Å². The van der Waals surface area contributed by atoms with Crippen LogP contribution in [0.15, 0.2) is 29.0 Å². The van der Waals surface area contributed by atoms with E-state index in [0.29, 0.717) is 12.0 Å². The topological polar surface area (TPSA) is 93.3 Å². The maximum Gasteiger partial charge on any atom is 0.355 e. The first kappa shape index (κ1) is 10.0. The summed E-state index contributed by atoms with van der Waals surface area (Å²) in [6, 6.07) is 3.23. The van der Waals surface area contributed by atoms with Crippen LogP contribution in [0.2, 0.25) is 0 Å². The van der Waals surface area contributed by atoms with Crippen LogP contribution in [0.4, 0.5) is 0 Å². The number of nitrogens with zero attached hydrogens (tertiary/aromatic N) is 2. The Kier molecular flexibility index (Phi) is 2.47. The van der Waals surface area contributed by atoms with E-state index in [4.69, 9.17) is 9.52 Å². The van der Waals surface area contributed by atoms with Gasteiger partial charge >= 0.3 is 5.97 Å². The number of carbonyl (C=O) groups excluding carboxylic acids is 1. The molecule has 2 rings (SSSR count). The number of aldehydes is 1. The molecule has 0 aromatic carbocycles. The van der Waals surface area contributed by atoms with Crippen molar-refractivity contribution in [2.75, 3.05) is 0 Å². The van der Waals surface area contributed by atoms with E-state index in [9.17, 15) is 9.59 Å². The monoisotopic (exact) mass is 218 g/mol. The van der Waals surface area contributed by atoms with E-state index in [-0.39, 0.29) is 17.1 Å². The zero-order valence-corrected chi connectivity index (χ0v) is 7.95. The van der Waals surface area contributed by atoms with Crippen molar-refractivity contribution < 1.29 is 19.1 Å². The molecule has 0 amide bonds. The summed E-state index contributed by atoms with van der Waals surface area (Å²) in [5.41, 5.74) is -0.404. The van der Waals surface area contributed by atoms with Gasteiger partial charge in [0.25, 0.3) is 0 Å². The lowest BCUT2D eigenvalue weighted by molar-refractivity contribution is 0.0687. The van der Waals surface area contributed by atoms with Crippen LogP contribution in [-0.4, -0.2) is 27.3 Å². The van der Waals surface area contributed by atoms with Crippen LogP contribution in [-0.2, 0) is 0 Å². The Balaban J connectivity index is 2.55. The molecule has 0 radical (unpaired) electrons. The lowest BCUT2D eigenvalue weighted by Crippen LogP contribution is -2.07. The Bertz CT molecular complexity index is 534. The first-order chi connectivity index (χ1) is 7.72. The van der Waals surface area contributed by atoms with E-state index >= 15 is 0 Å². The lowest BCUT2D eigenvalue weighted by atomic mass is 10.2. The fraction of sp³-hybridized carbons (Fsp3) is 0. The summed E-state index contributed by atoms with van der Waals surface area (Å²) in [7, 11) is 0. The number of hydrogen-bond donors (Lipinski definition) is 1. The van der Waals surface area contributed by atoms with Gasteiger partial charge in [0.1, 0.15) is 0 Å². The van der Waals surface area contributed by atoms with Gasteiger partial charge in [0.15, 0.2) is 23.6 Å². The summed E-state index contributed by atoms with van der Waals surface area (Å²) in [5, 5.41) is 8.84. The summed E-state index contributed by atoms with van der Waals surface area (Å²) < 4.78 is 5.02. The molecule has 16 heavy (non-hydrogen) atoms.